The van der Waals surface area contributed by atoms with Gasteiger partial charge in [0.15, 0.2) is 0 Å². The standard InChI is InChI=1S/C70H53NOS/c1-67(2,3)42-30-36-64-59(38-42)70(60-39-43(68(4,5)6)31-37-65(60)73-64)56-26-15-10-21-49(56)51-35-33-45(41-58(51)70)71(61-27-17-29-63-66(61)52-22-11-16-28-62(52)72-63)44-32-34-50-48-20-9-14-25-55(48)69(57(50)40-44)53-23-12-7-18-46(53)47-19-8-13-24-54(47)69/h7-41H,1-6H3. The average molecular weight is 956 g/mol. The zero-order valence-electron chi connectivity index (χ0n) is 42.0. The lowest BCUT2D eigenvalue weighted by atomic mass is 9.65. The molecular weight excluding hydrogens is 903 g/mol. The maximum absolute atomic E-state index is 6.72. The zero-order chi connectivity index (χ0) is 49.2. The Hall–Kier alpha value is -7.85. The van der Waals surface area contributed by atoms with Crippen LogP contribution in [0.25, 0.3) is 55.3 Å². The summed E-state index contributed by atoms with van der Waals surface area (Å²) in [5.41, 5.74) is 24.9. The third-order valence-corrected chi connectivity index (χ3v) is 18.0. The van der Waals surface area contributed by atoms with E-state index in [2.05, 4.69) is 259 Å². The van der Waals surface area contributed by atoms with Gasteiger partial charge in [-0.3, -0.25) is 0 Å². The molecular formula is C70H53NOS. The molecule has 0 fully saturated rings. The molecule has 0 atom stereocenters. The van der Waals surface area contributed by atoms with Crippen molar-refractivity contribution in [2.45, 2.75) is 73.0 Å². The Morgan fingerprint density at radius 3 is 1.25 bits per heavy atom. The number of rotatable bonds is 3. The van der Waals surface area contributed by atoms with Gasteiger partial charge in [-0.05, 0) is 154 Å². The van der Waals surface area contributed by atoms with E-state index in [1.165, 1.54) is 98.8 Å². The van der Waals surface area contributed by atoms with Crippen LogP contribution in [0.1, 0.15) is 97.2 Å². The second kappa shape index (κ2) is 14.9. The van der Waals surface area contributed by atoms with E-state index < -0.39 is 10.8 Å². The highest BCUT2D eigenvalue weighted by Crippen LogP contribution is 2.66. The molecule has 10 aromatic carbocycles. The maximum Gasteiger partial charge on any atom is 0.137 e. The highest BCUT2D eigenvalue weighted by Gasteiger charge is 2.53. The molecule has 4 aliphatic rings. The second-order valence-electron chi connectivity index (χ2n) is 22.7. The van der Waals surface area contributed by atoms with E-state index in [-0.39, 0.29) is 10.8 Å². The molecule has 0 radical (unpaired) electrons. The fraction of sp³-hybridized carbons (Fsp3) is 0.143. The van der Waals surface area contributed by atoms with Crippen LogP contribution in [0, 0.1) is 0 Å². The van der Waals surface area contributed by atoms with E-state index in [4.69, 9.17) is 4.42 Å². The van der Waals surface area contributed by atoms with Crippen LogP contribution >= 0.6 is 11.8 Å². The van der Waals surface area contributed by atoms with Crippen molar-refractivity contribution in [2.24, 2.45) is 0 Å². The Kier molecular flexibility index (Phi) is 8.72. The van der Waals surface area contributed by atoms with Gasteiger partial charge in [-0.25, -0.2) is 0 Å². The molecule has 0 N–H and O–H groups in total. The normalized spacial score (nSPS) is 14.9. The van der Waals surface area contributed by atoms with Gasteiger partial charge in [-0.2, -0.15) is 0 Å². The first kappa shape index (κ1) is 42.8. The molecule has 73 heavy (non-hydrogen) atoms. The van der Waals surface area contributed by atoms with Gasteiger partial charge < -0.3 is 9.32 Å². The summed E-state index contributed by atoms with van der Waals surface area (Å²) < 4.78 is 6.72. The van der Waals surface area contributed by atoms with Crippen molar-refractivity contribution >= 4 is 50.8 Å². The number of hydrogen-bond acceptors (Lipinski definition) is 3. The summed E-state index contributed by atoms with van der Waals surface area (Å²) >= 11 is 1.92. The molecule has 1 aliphatic heterocycles. The molecule has 2 heterocycles. The Morgan fingerprint density at radius 1 is 0.356 bits per heavy atom. The van der Waals surface area contributed by atoms with Gasteiger partial charge in [0.2, 0.25) is 0 Å². The van der Waals surface area contributed by atoms with Crippen molar-refractivity contribution in [3.8, 4) is 33.4 Å². The van der Waals surface area contributed by atoms with Gasteiger partial charge in [-0.15, -0.1) is 0 Å². The highest BCUT2D eigenvalue weighted by atomic mass is 32.2. The second-order valence-corrected chi connectivity index (χ2v) is 23.8. The summed E-state index contributed by atoms with van der Waals surface area (Å²) in [6, 6.07) is 81.0. The summed E-state index contributed by atoms with van der Waals surface area (Å²) in [6.07, 6.45) is 0. The minimum atomic E-state index is -0.596. The smallest absolute Gasteiger partial charge is 0.137 e. The molecule has 11 aromatic rings. The maximum atomic E-state index is 6.72. The Balaban J connectivity index is 1.05. The molecule has 2 spiro atoms. The Bertz CT molecular complexity index is 4050. The van der Waals surface area contributed by atoms with E-state index >= 15 is 0 Å². The zero-order valence-corrected chi connectivity index (χ0v) is 42.8. The number of para-hydroxylation sites is 1. The fourth-order valence-electron chi connectivity index (χ4n) is 13.6. The van der Waals surface area contributed by atoms with Crippen molar-refractivity contribution in [2.75, 3.05) is 4.90 Å². The summed E-state index contributed by atoms with van der Waals surface area (Å²) in [5.74, 6) is 0. The van der Waals surface area contributed by atoms with E-state index in [0.717, 1.165) is 39.0 Å². The van der Waals surface area contributed by atoms with Crippen LogP contribution in [0.4, 0.5) is 17.1 Å². The first-order chi connectivity index (χ1) is 35.5. The van der Waals surface area contributed by atoms with Crippen molar-refractivity contribution in [3.05, 3.63) is 268 Å². The summed E-state index contributed by atoms with van der Waals surface area (Å²) in [5, 5.41) is 2.20. The predicted octanol–water partition coefficient (Wildman–Crippen LogP) is 18.8. The van der Waals surface area contributed by atoms with Gasteiger partial charge in [0.25, 0.3) is 0 Å². The van der Waals surface area contributed by atoms with Gasteiger partial charge in [0.05, 0.1) is 21.9 Å². The lowest BCUT2D eigenvalue weighted by Crippen LogP contribution is -2.33. The van der Waals surface area contributed by atoms with Crippen LogP contribution < -0.4 is 4.90 Å². The Labute approximate surface area is 432 Å². The van der Waals surface area contributed by atoms with Crippen LogP contribution in [0.5, 0.6) is 0 Å². The molecule has 0 amide bonds. The number of nitrogens with zero attached hydrogens (tertiary/aromatic N) is 1. The quantitative estimate of drug-likeness (QED) is 0.176. The molecule has 0 unspecified atom stereocenters. The van der Waals surface area contributed by atoms with E-state index in [1.807, 2.05) is 11.8 Å². The number of fused-ring (bicyclic) bond motifs is 22. The molecule has 350 valence electrons. The van der Waals surface area contributed by atoms with Crippen LogP contribution in [0.3, 0.4) is 0 Å². The molecule has 0 saturated heterocycles. The average Bonchev–Trinajstić information content (AvgIpc) is 4.13. The third kappa shape index (κ3) is 5.66. The first-order valence-electron chi connectivity index (χ1n) is 25.8. The fourth-order valence-corrected chi connectivity index (χ4v) is 14.8. The minimum Gasteiger partial charge on any atom is -0.456 e. The molecule has 3 heteroatoms. The van der Waals surface area contributed by atoms with Crippen molar-refractivity contribution in [1.82, 2.24) is 0 Å². The largest absolute Gasteiger partial charge is 0.456 e. The summed E-state index contributed by atoms with van der Waals surface area (Å²) in [7, 11) is 0. The van der Waals surface area contributed by atoms with Gasteiger partial charge in [0.1, 0.15) is 11.2 Å². The van der Waals surface area contributed by atoms with Gasteiger partial charge >= 0.3 is 0 Å². The third-order valence-electron chi connectivity index (χ3n) is 16.9. The van der Waals surface area contributed by atoms with Gasteiger partial charge in [-0.1, -0.05) is 211 Å². The van der Waals surface area contributed by atoms with Gasteiger partial charge in [0, 0.05) is 26.6 Å². The van der Waals surface area contributed by atoms with Crippen LogP contribution in [-0.2, 0) is 21.7 Å². The molecule has 0 saturated carbocycles. The number of furan rings is 1. The van der Waals surface area contributed by atoms with E-state index in [9.17, 15) is 0 Å². The van der Waals surface area contributed by atoms with Crippen LogP contribution in [0.15, 0.2) is 227 Å². The van der Waals surface area contributed by atoms with Crippen molar-refractivity contribution in [3.63, 3.8) is 0 Å². The molecule has 0 bridgehead atoms. The number of hydrogen-bond donors (Lipinski definition) is 0. The number of anilines is 3. The Morgan fingerprint density at radius 2 is 0.767 bits per heavy atom. The molecule has 2 nitrogen and oxygen atoms in total. The SMILES string of the molecule is CC(C)(C)c1ccc2c(c1)C1(c3cc(C(C)(C)C)ccc3S2)c2ccccc2-c2ccc(N(c3ccc4c(c3)C3(c5ccccc5-c5ccccc53)c3ccccc3-4)c3cccc4oc5ccccc5c34)cc21. The number of benzene rings is 10. The molecule has 1 aromatic heterocycles. The summed E-state index contributed by atoms with van der Waals surface area (Å²) in [6.45, 7) is 14.1. The van der Waals surface area contributed by atoms with E-state index in [0.29, 0.717) is 0 Å². The topological polar surface area (TPSA) is 16.4 Å². The lowest BCUT2D eigenvalue weighted by molar-refractivity contribution is 0.581. The highest BCUT2D eigenvalue weighted by molar-refractivity contribution is 7.99. The lowest BCUT2D eigenvalue weighted by Gasteiger charge is -2.41. The monoisotopic (exact) mass is 955 g/mol. The summed E-state index contributed by atoms with van der Waals surface area (Å²) in [4.78, 5) is 5.16. The van der Waals surface area contributed by atoms with Crippen molar-refractivity contribution < 1.29 is 4.42 Å². The minimum absolute atomic E-state index is 0.0506. The van der Waals surface area contributed by atoms with Crippen molar-refractivity contribution in [1.29, 1.82) is 0 Å². The molecule has 3 aliphatic carbocycles. The van der Waals surface area contributed by atoms with E-state index in [1.54, 1.807) is 0 Å². The molecule has 15 rings (SSSR count). The van der Waals surface area contributed by atoms with Crippen LogP contribution in [0.2, 0.25) is 0 Å². The first-order valence-corrected chi connectivity index (χ1v) is 26.6. The predicted molar refractivity (Wildman–Crippen MR) is 304 cm³/mol. The van der Waals surface area contributed by atoms with Crippen LogP contribution in [-0.4, -0.2) is 0 Å².